The Hall–Kier alpha value is -2.92. The first-order valence-electron chi connectivity index (χ1n) is 7.70. The van der Waals surface area contributed by atoms with E-state index >= 15 is 0 Å². The fraction of sp³-hybridized carbons (Fsp3) is 0.0526. The van der Waals surface area contributed by atoms with Gasteiger partial charge in [0.2, 0.25) is 5.13 Å². The molecule has 0 aliphatic rings. The first-order valence-corrected chi connectivity index (χ1v) is 8.57. The molecule has 118 valence electrons. The molecule has 2 aromatic carbocycles. The Morgan fingerprint density at radius 2 is 1.67 bits per heavy atom. The van der Waals surface area contributed by atoms with Gasteiger partial charge in [-0.05, 0) is 19.1 Å². The average Bonchev–Trinajstić information content (AvgIpc) is 3.23. The minimum Gasteiger partial charge on any atom is -0.339 e. The Kier molecular flexibility index (Phi) is 3.84. The molecule has 2 aromatic heterocycles. The largest absolute Gasteiger partial charge is 0.339 e. The maximum absolute atomic E-state index is 4.72. The minimum absolute atomic E-state index is 0.815. The molecule has 0 aliphatic heterocycles. The van der Waals surface area contributed by atoms with Gasteiger partial charge in [-0.1, -0.05) is 48.5 Å². The van der Waals surface area contributed by atoms with Crippen LogP contribution < -0.4 is 5.32 Å². The lowest BCUT2D eigenvalue weighted by Crippen LogP contribution is -1.99. The Bertz CT molecular complexity index is 942. The first kappa shape index (κ1) is 14.7. The molecule has 0 aliphatic carbocycles. The van der Waals surface area contributed by atoms with Gasteiger partial charge in [-0.15, -0.1) is 16.4 Å². The SMILES string of the molecule is Cc1cc(Nc2ccccc2)nn1-c1nc(-c2ccccc2)cs1. The van der Waals surface area contributed by atoms with Crippen LogP contribution in [-0.2, 0) is 0 Å². The highest BCUT2D eigenvalue weighted by molar-refractivity contribution is 7.12. The van der Waals surface area contributed by atoms with Crippen molar-refractivity contribution >= 4 is 22.8 Å². The van der Waals surface area contributed by atoms with Crippen molar-refractivity contribution in [2.75, 3.05) is 5.32 Å². The van der Waals surface area contributed by atoms with E-state index in [1.165, 1.54) is 0 Å². The second-order valence-electron chi connectivity index (χ2n) is 5.46. The third-order valence-corrected chi connectivity index (χ3v) is 4.49. The molecule has 0 amide bonds. The van der Waals surface area contributed by atoms with Crippen LogP contribution in [0.5, 0.6) is 0 Å². The molecule has 4 nitrogen and oxygen atoms in total. The Morgan fingerprint density at radius 3 is 2.42 bits per heavy atom. The van der Waals surface area contributed by atoms with E-state index in [4.69, 9.17) is 4.98 Å². The third kappa shape index (κ3) is 2.94. The van der Waals surface area contributed by atoms with E-state index in [1.54, 1.807) is 11.3 Å². The number of aromatic nitrogens is 3. The highest BCUT2D eigenvalue weighted by atomic mass is 32.1. The number of rotatable bonds is 4. The van der Waals surface area contributed by atoms with Crippen molar-refractivity contribution in [3.63, 3.8) is 0 Å². The number of anilines is 2. The number of nitrogens with one attached hydrogen (secondary N) is 1. The van der Waals surface area contributed by atoms with Gasteiger partial charge in [0.05, 0.1) is 5.69 Å². The molecule has 0 spiro atoms. The molecular formula is C19H16N4S. The second-order valence-corrected chi connectivity index (χ2v) is 6.29. The molecule has 4 rings (SSSR count). The zero-order chi connectivity index (χ0) is 16.4. The monoisotopic (exact) mass is 332 g/mol. The summed E-state index contributed by atoms with van der Waals surface area (Å²) in [5, 5.41) is 10.9. The molecule has 0 saturated heterocycles. The minimum atomic E-state index is 0.815. The summed E-state index contributed by atoms with van der Waals surface area (Å²) in [6.07, 6.45) is 0. The van der Waals surface area contributed by atoms with Crippen LogP contribution in [0.15, 0.2) is 72.1 Å². The number of thiazole rings is 1. The summed E-state index contributed by atoms with van der Waals surface area (Å²) in [6.45, 7) is 2.03. The van der Waals surface area contributed by atoms with Crippen LogP contribution in [0, 0.1) is 6.92 Å². The predicted octanol–water partition coefficient (Wildman–Crippen LogP) is 5.05. The van der Waals surface area contributed by atoms with Gasteiger partial charge in [-0.25, -0.2) is 9.67 Å². The number of hydrogen-bond donors (Lipinski definition) is 1. The van der Waals surface area contributed by atoms with Gasteiger partial charge in [0, 0.05) is 28.4 Å². The van der Waals surface area contributed by atoms with Crippen LogP contribution in [0.3, 0.4) is 0 Å². The van der Waals surface area contributed by atoms with E-state index in [9.17, 15) is 0 Å². The van der Waals surface area contributed by atoms with Crippen LogP contribution >= 0.6 is 11.3 Å². The summed E-state index contributed by atoms with van der Waals surface area (Å²) in [5.41, 5.74) is 4.16. The Morgan fingerprint density at radius 1 is 0.958 bits per heavy atom. The van der Waals surface area contributed by atoms with E-state index < -0.39 is 0 Å². The fourth-order valence-corrected chi connectivity index (χ4v) is 3.34. The molecule has 5 heteroatoms. The molecule has 4 aromatic rings. The molecule has 0 saturated carbocycles. The molecule has 24 heavy (non-hydrogen) atoms. The summed E-state index contributed by atoms with van der Waals surface area (Å²) < 4.78 is 1.88. The third-order valence-electron chi connectivity index (χ3n) is 3.68. The zero-order valence-electron chi connectivity index (χ0n) is 13.2. The van der Waals surface area contributed by atoms with E-state index in [1.807, 2.05) is 66.2 Å². The predicted molar refractivity (Wildman–Crippen MR) is 99.1 cm³/mol. The van der Waals surface area contributed by atoms with Crippen molar-refractivity contribution in [3.8, 4) is 16.4 Å². The topological polar surface area (TPSA) is 42.7 Å². The first-order chi connectivity index (χ1) is 11.8. The lowest BCUT2D eigenvalue weighted by Gasteiger charge is -2.01. The van der Waals surface area contributed by atoms with Gasteiger partial charge >= 0.3 is 0 Å². The number of para-hydroxylation sites is 1. The van der Waals surface area contributed by atoms with Gasteiger partial charge in [0.1, 0.15) is 0 Å². The molecule has 0 unspecified atom stereocenters. The van der Waals surface area contributed by atoms with Gasteiger partial charge in [-0.3, -0.25) is 0 Å². The molecule has 1 N–H and O–H groups in total. The quantitative estimate of drug-likeness (QED) is 0.569. The highest BCUT2D eigenvalue weighted by Gasteiger charge is 2.11. The maximum Gasteiger partial charge on any atom is 0.211 e. The van der Waals surface area contributed by atoms with Crippen molar-refractivity contribution < 1.29 is 0 Å². The standard InChI is InChI=1S/C19H16N4S/c1-14-12-18(20-16-10-6-3-7-11-16)22-23(14)19-21-17(13-24-19)15-8-4-2-5-9-15/h2-13H,1H3,(H,20,22). The van der Waals surface area contributed by atoms with Crippen LogP contribution in [0.1, 0.15) is 5.69 Å². The average molecular weight is 332 g/mol. The second kappa shape index (κ2) is 6.29. The summed E-state index contributed by atoms with van der Waals surface area (Å²) in [4.78, 5) is 4.72. The van der Waals surface area contributed by atoms with Crippen molar-refractivity contribution in [2.45, 2.75) is 6.92 Å². The van der Waals surface area contributed by atoms with E-state index in [0.29, 0.717) is 0 Å². The molecular weight excluding hydrogens is 316 g/mol. The fourth-order valence-electron chi connectivity index (χ4n) is 2.50. The molecule has 0 fully saturated rings. The molecule has 0 radical (unpaired) electrons. The smallest absolute Gasteiger partial charge is 0.211 e. The molecule has 0 bridgehead atoms. The van der Waals surface area contributed by atoms with E-state index in [-0.39, 0.29) is 0 Å². The van der Waals surface area contributed by atoms with E-state index in [2.05, 4.69) is 27.9 Å². The zero-order valence-corrected chi connectivity index (χ0v) is 14.0. The molecule has 0 atom stereocenters. The van der Waals surface area contributed by atoms with Gasteiger partial charge in [0.25, 0.3) is 0 Å². The normalized spacial score (nSPS) is 10.7. The van der Waals surface area contributed by atoms with Crippen LogP contribution in [0.4, 0.5) is 11.5 Å². The highest BCUT2D eigenvalue weighted by Crippen LogP contribution is 2.26. The Balaban J connectivity index is 1.62. The van der Waals surface area contributed by atoms with Crippen LogP contribution in [0.2, 0.25) is 0 Å². The van der Waals surface area contributed by atoms with Crippen molar-refractivity contribution in [3.05, 3.63) is 77.8 Å². The summed E-state index contributed by atoms with van der Waals surface area (Å²) in [7, 11) is 0. The summed E-state index contributed by atoms with van der Waals surface area (Å²) in [6, 6.07) is 22.2. The van der Waals surface area contributed by atoms with E-state index in [0.717, 1.165) is 33.6 Å². The van der Waals surface area contributed by atoms with Crippen LogP contribution in [0.25, 0.3) is 16.4 Å². The lowest BCUT2D eigenvalue weighted by atomic mass is 10.2. The van der Waals surface area contributed by atoms with Gasteiger partial charge in [-0.2, -0.15) is 0 Å². The lowest BCUT2D eigenvalue weighted by molar-refractivity contribution is 0.841. The maximum atomic E-state index is 4.72. The van der Waals surface area contributed by atoms with Crippen molar-refractivity contribution in [2.24, 2.45) is 0 Å². The van der Waals surface area contributed by atoms with Crippen molar-refractivity contribution in [1.82, 2.24) is 14.8 Å². The van der Waals surface area contributed by atoms with Gasteiger partial charge in [0.15, 0.2) is 5.82 Å². The number of aryl methyl sites for hydroxylation is 1. The van der Waals surface area contributed by atoms with Crippen LogP contribution in [-0.4, -0.2) is 14.8 Å². The summed E-state index contributed by atoms with van der Waals surface area (Å²) >= 11 is 1.59. The van der Waals surface area contributed by atoms with Crippen molar-refractivity contribution in [1.29, 1.82) is 0 Å². The summed E-state index contributed by atoms with van der Waals surface area (Å²) in [5.74, 6) is 0.815. The van der Waals surface area contributed by atoms with Gasteiger partial charge < -0.3 is 5.32 Å². The number of hydrogen-bond acceptors (Lipinski definition) is 4. The number of benzene rings is 2. The molecule has 2 heterocycles. The number of nitrogens with zero attached hydrogens (tertiary/aromatic N) is 3. The Labute approximate surface area is 144 Å².